The summed E-state index contributed by atoms with van der Waals surface area (Å²) in [7, 11) is 0. The number of hydrogen-bond donors (Lipinski definition) is 0. The van der Waals surface area contributed by atoms with Gasteiger partial charge in [0, 0.05) is 18.8 Å². The van der Waals surface area contributed by atoms with Gasteiger partial charge in [-0.3, -0.25) is 4.79 Å². The van der Waals surface area contributed by atoms with Crippen molar-refractivity contribution in [1.29, 1.82) is 0 Å². The SMILES string of the molecule is CC1=C(C(=O)OC(C)C)C(c2ccc(C)cc2)N2C(CC(=O)N3CCCCC3)=CSC2=N1. The van der Waals surface area contributed by atoms with Crippen LogP contribution in [0.1, 0.15) is 63.6 Å². The number of ether oxygens (including phenoxy) is 1. The fourth-order valence-corrected chi connectivity index (χ4v) is 5.35. The van der Waals surface area contributed by atoms with E-state index < -0.39 is 0 Å². The van der Waals surface area contributed by atoms with Crippen LogP contribution in [0.4, 0.5) is 0 Å². The molecule has 170 valence electrons. The Labute approximate surface area is 194 Å². The van der Waals surface area contributed by atoms with E-state index in [-0.39, 0.29) is 24.0 Å². The van der Waals surface area contributed by atoms with Crippen molar-refractivity contribution in [2.24, 2.45) is 4.99 Å². The van der Waals surface area contributed by atoms with Crippen molar-refractivity contribution in [2.45, 2.75) is 65.5 Å². The van der Waals surface area contributed by atoms with E-state index in [0.717, 1.165) is 47.9 Å². The first-order valence-corrected chi connectivity index (χ1v) is 12.2. The summed E-state index contributed by atoms with van der Waals surface area (Å²) in [5.74, 6) is -0.220. The summed E-state index contributed by atoms with van der Waals surface area (Å²) in [6, 6.07) is 7.82. The van der Waals surface area contributed by atoms with E-state index in [0.29, 0.717) is 17.7 Å². The normalized spacial score (nSPS) is 20.8. The summed E-state index contributed by atoms with van der Waals surface area (Å²) in [5, 5.41) is 2.81. The van der Waals surface area contributed by atoms with Crippen molar-refractivity contribution in [2.75, 3.05) is 13.1 Å². The molecule has 0 aromatic heterocycles. The van der Waals surface area contributed by atoms with Gasteiger partial charge >= 0.3 is 5.97 Å². The number of amidine groups is 1. The first-order chi connectivity index (χ1) is 15.3. The molecular formula is C25H31N3O3S. The van der Waals surface area contributed by atoms with Crippen molar-refractivity contribution in [1.82, 2.24) is 9.80 Å². The van der Waals surface area contributed by atoms with E-state index in [1.54, 1.807) is 0 Å². The number of likely N-dealkylation sites (tertiary alicyclic amines) is 1. The number of aliphatic imine (C=N–C) groups is 1. The minimum absolute atomic E-state index is 0.137. The van der Waals surface area contributed by atoms with Gasteiger partial charge < -0.3 is 14.5 Å². The number of rotatable bonds is 5. The van der Waals surface area contributed by atoms with E-state index in [9.17, 15) is 9.59 Å². The number of fused-ring (bicyclic) bond motifs is 1. The van der Waals surface area contributed by atoms with Crippen LogP contribution in [-0.4, -0.2) is 46.0 Å². The van der Waals surface area contributed by atoms with Crippen LogP contribution in [0.2, 0.25) is 0 Å². The maximum absolute atomic E-state index is 13.2. The number of thioether (sulfide) groups is 1. The largest absolute Gasteiger partial charge is 0.459 e. The Hall–Kier alpha value is -2.54. The highest BCUT2D eigenvalue weighted by Crippen LogP contribution is 2.45. The van der Waals surface area contributed by atoms with E-state index in [1.807, 2.05) is 62.3 Å². The maximum Gasteiger partial charge on any atom is 0.338 e. The number of allylic oxidation sites excluding steroid dienone is 1. The number of aryl methyl sites for hydroxylation is 1. The summed E-state index contributed by atoms with van der Waals surface area (Å²) in [6.07, 6.45) is 3.39. The van der Waals surface area contributed by atoms with Crippen LogP contribution in [0.15, 0.2) is 51.6 Å². The monoisotopic (exact) mass is 453 g/mol. The van der Waals surface area contributed by atoms with Crippen LogP contribution >= 0.6 is 11.8 Å². The van der Waals surface area contributed by atoms with Gasteiger partial charge in [0.25, 0.3) is 0 Å². The van der Waals surface area contributed by atoms with Crippen LogP contribution in [0.5, 0.6) is 0 Å². The Morgan fingerprint density at radius 2 is 1.81 bits per heavy atom. The van der Waals surface area contributed by atoms with Gasteiger partial charge in [0.15, 0.2) is 5.17 Å². The van der Waals surface area contributed by atoms with Gasteiger partial charge in [-0.15, -0.1) is 0 Å². The molecule has 0 bridgehead atoms. The van der Waals surface area contributed by atoms with E-state index in [1.165, 1.54) is 18.2 Å². The molecule has 4 rings (SSSR count). The first-order valence-electron chi connectivity index (χ1n) is 11.3. The van der Waals surface area contributed by atoms with Gasteiger partial charge in [-0.05, 0) is 57.9 Å². The molecule has 3 heterocycles. The Kier molecular flexibility index (Phi) is 6.74. The predicted octanol–water partition coefficient (Wildman–Crippen LogP) is 4.92. The molecule has 1 aromatic rings. The molecule has 1 atom stereocenters. The third-order valence-electron chi connectivity index (χ3n) is 6.00. The molecule has 1 amide bonds. The molecular weight excluding hydrogens is 422 g/mol. The van der Waals surface area contributed by atoms with Crippen molar-refractivity contribution in [3.63, 3.8) is 0 Å². The quantitative estimate of drug-likeness (QED) is 0.592. The predicted molar refractivity (Wildman–Crippen MR) is 128 cm³/mol. The van der Waals surface area contributed by atoms with Crippen molar-refractivity contribution >= 4 is 28.8 Å². The van der Waals surface area contributed by atoms with Gasteiger partial charge in [-0.25, -0.2) is 9.79 Å². The molecule has 3 aliphatic rings. The second-order valence-electron chi connectivity index (χ2n) is 8.88. The molecule has 0 aliphatic carbocycles. The number of benzene rings is 1. The Morgan fingerprint density at radius 3 is 2.47 bits per heavy atom. The number of hydrogen-bond acceptors (Lipinski definition) is 6. The minimum atomic E-state index is -0.371. The molecule has 0 radical (unpaired) electrons. The number of esters is 1. The third kappa shape index (κ3) is 4.63. The van der Waals surface area contributed by atoms with Gasteiger partial charge in [-0.2, -0.15) is 0 Å². The van der Waals surface area contributed by atoms with Crippen LogP contribution < -0.4 is 0 Å². The Balaban J connectivity index is 1.69. The summed E-state index contributed by atoms with van der Waals surface area (Å²) < 4.78 is 5.60. The molecule has 0 N–H and O–H groups in total. The second-order valence-corrected chi connectivity index (χ2v) is 9.71. The summed E-state index contributed by atoms with van der Waals surface area (Å²) in [4.78, 5) is 34.9. The van der Waals surface area contributed by atoms with Crippen LogP contribution in [0, 0.1) is 6.92 Å². The summed E-state index contributed by atoms with van der Waals surface area (Å²) in [5.41, 5.74) is 4.22. The number of nitrogens with zero attached hydrogens (tertiary/aromatic N) is 3. The van der Waals surface area contributed by atoms with Crippen molar-refractivity contribution in [3.05, 3.63) is 57.8 Å². The van der Waals surface area contributed by atoms with Crippen LogP contribution in [0.3, 0.4) is 0 Å². The standard InChI is InChI=1S/C25H31N3O3S/c1-16(2)31-24(30)22-18(4)26-25-28(23(22)19-10-8-17(3)9-11-19)20(15-32-25)14-21(29)27-12-6-5-7-13-27/h8-11,15-16,23H,5-7,12-14H2,1-4H3. The molecule has 1 aromatic carbocycles. The molecule has 3 aliphatic heterocycles. The lowest BCUT2D eigenvalue weighted by Gasteiger charge is -2.37. The average Bonchev–Trinajstić information content (AvgIpc) is 3.15. The van der Waals surface area contributed by atoms with Crippen LogP contribution in [0.25, 0.3) is 0 Å². The van der Waals surface area contributed by atoms with E-state index in [2.05, 4.69) is 4.90 Å². The molecule has 0 saturated carbocycles. The lowest BCUT2D eigenvalue weighted by atomic mass is 9.93. The van der Waals surface area contributed by atoms with Gasteiger partial charge in [0.2, 0.25) is 5.91 Å². The number of amides is 1. The highest BCUT2D eigenvalue weighted by atomic mass is 32.2. The van der Waals surface area contributed by atoms with Crippen molar-refractivity contribution < 1.29 is 14.3 Å². The number of carbonyl (C=O) groups is 2. The van der Waals surface area contributed by atoms with Gasteiger partial charge in [0.05, 0.1) is 29.8 Å². The molecule has 0 spiro atoms. The van der Waals surface area contributed by atoms with Gasteiger partial charge in [-0.1, -0.05) is 41.6 Å². The molecule has 1 unspecified atom stereocenters. The molecule has 7 heteroatoms. The average molecular weight is 454 g/mol. The lowest BCUT2D eigenvalue weighted by molar-refractivity contribution is -0.143. The fraction of sp³-hybridized carbons (Fsp3) is 0.480. The summed E-state index contributed by atoms with van der Waals surface area (Å²) >= 11 is 1.51. The molecule has 1 saturated heterocycles. The highest BCUT2D eigenvalue weighted by molar-refractivity contribution is 8.16. The third-order valence-corrected chi connectivity index (χ3v) is 6.89. The smallest absolute Gasteiger partial charge is 0.338 e. The molecule has 32 heavy (non-hydrogen) atoms. The Morgan fingerprint density at radius 1 is 1.12 bits per heavy atom. The highest BCUT2D eigenvalue weighted by Gasteiger charge is 2.41. The Bertz CT molecular complexity index is 988. The maximum atomic E-state index is 13.2. The van der Waals surface area contributed by atoms with E-state index in [4.69, 9.17) is 9.73 Å². The zero-order valence-electron chi connectivity index (χ0n) is 19.3. The minimum Gasteiger partial charge on any atom is -0.459 e. The zero-order chi connectivity index (χ0) is 22.8. The second kappa shape index (κ2) is 9.53. The molecule has 6 nitrogen and oxygen atoms in total. The number of carbonyl (C=O) groups excluding carboxylic acids is 2. The zero-order valence-corrected chi connectivity index (χ0v) is 20.1. The van der Waals surface area contributed by atoms with Gasteiger partial charge in [0.1, 0.15) is 0 Å². The topological polar surface area (TPSA) is 62.2 Å². The van der Waals surface area contributed by atoms with E-state index >= 15 is 0 Å². The lowest BCUT2D eigenvalue weighted by Crippen LogP contribution is -2.40. The fourth-order valence-electron chi connectivity index (χ4n) is 4.38. The summed E-state index contributed by atoms with van der Waals surface area (Å²) in [6.45, 7) is 9.25. The number of piperidine rings is 1. The van der Waals surface area contributed by atoms with Crippen LogP contribution in [-0.2, 0) is 14.3 Å². The first kappa shape index (κ1) is 22.6. The molecule has 1 fully saturated rings. The van der Waals surface area contributed by atoms with Crippen molar-refractivity contribution in [3.8, 4) is 0 Å².